The minimum absolute atomic E-state index is 0.0132. The molecule has 8 heteroatoms. The Kier molecular flexibility index (Phi) is 5.88. The summed E-state index contributed by atoms with van der Waals surface area (Å²) in [7, 11) is 0. The molecule has 0 aliphatic carbocycles. The third-order valence-corrected chi connectivity index (χ3v) is 6.54. The molecule has 0 saturated heterocycles. The van der Waals surface area contributed by atoms with E-state index in [4.69, 9.17) is 45.5 Å². The van der Waals surface area contributed by atoms with Crippen LogP contribution in [0.1, 0.15) is 43.2 Å². The van der Waals surface area contributed by atoms with Crippen molar-refractivity contribution in [2.75, 3.05) is 11.4 Å². The fraction of sp³-hybridized carbons (Fsp3) is 0.364. The molecule has 4 rings (SSSR count). The van der Waals surface area contributed by atoms with Crippen molar-refractivity contribution < 1.29 is 4.79 Å². The first-order valence-corrected chi connectivity index (χ1v) is 11.1. The van der Waals surface area contributed by atoms with Crippen LogP contribution in [-0.4, -0.2) is 22.0 Å². The average molecular weight is 466 g/mol. The highest BCUT2D eigenvalue weighted by Crippen LogP contribution is 2.42. The molecule has 1 amide bonds. The van der Waals surface area contributed by atoms with Gasteiger partial charge in [0.15, 0.2) is 0 Å². The number of nitrogens with two attached hydrogens (primary N) is 1. The van der Waals surface area contributed by atoms with Crippen LogP contribution >= 0.6 is 34.8 Å². The Bertz CT molecular complexity index is 1120. The maximum absolute atomic E-state index is 11.7. The van der Waals surface area contributed by atoms with E-state index in [-0.39, 0.29) is 11.8 Å². The molecule has 1 unspecified atom stereocenters. The molecule has 0 saturated carbocycles. The molecule has 30 heavy (non-hydrogen) atoms. The smallest absolute Gasteiger partial charge is 0.218 e. The Morgan fingerprint density at radius 2 is 1.97 bits per heavy atom. The molecule has 0 radical (unpaired) electrons. The molecule has 0 bridgehead atoms. The third-order valence-electron chi connectivity index (χ3n) is 5.73. The van der Waals surface area contributed by atoms with Crippen molar-refractivity contribution in [2.24, 2.45) is 5.73 Å². The van der Waals surface area contributed by atoms with Gasteiger partial charge in [-0.3, -0.25) is 4.79 Å². The number of benzene rings is 2. The molecule has 2 heterocycles. The maximum atomic E-state index is 11.7. The third kappa shape index (κ3) is 3.64. The van der Waals surface area contributed by atoms with E-state index in [1.165, 1.54) is 0 Å². The lowest BCUT2D eigenvalue weighted by atomic mass is 9.91. The fourth-order valence-corrected chi connectivity index (χ4v) is 5.31. The summed E-state index contributed by atoms with van der Waals surface area (Å²) < 4.78 is 2.19. The van der Waals surface area contributed by atoms with Crippen LogP contribution in [0.4, 0.5) is 11.6 Å². The van der Waals surface area contributed by atoms with Gasteiger partial charge in [-0.05, 0) is 55.0 Å². The first-order valence-electron chi connectivity index (χ1n) is 10.0. The first-order chi connectivity index (χ1) is 14.3. The highest BCUT2D eigenvalue weighted by molar-refractivity contribution is 6.37. The number of anilines is 2. The van der Waals surface area contributed by atoms with Crippen molar-refractivity contribution in [1.82, 2.24) is 9.55 Å². The van der Waals surface area contributed by atoms with E-state index in [0.29, 0.717) is 21.5 Å². The van der Waals surface area contributed by atoms with E-state index in [0.717, 1.165) is 59.7 Å². The van der Waals surface area contributed by atoms with E-state index in [1.807, 2.05) is 25.1 Å². The van der Waals surface area contributed by atoms with Crippen molar-refractivity contribution in [3.05, 3.63) is 50.5 Å². The van der Waals surface area contributed by atoms with E-state index in [1.54, 1.807) is 6.07 Å². The zero-order valence-electron chi connectivity index (χ0n) is 16.9. The lowest BCUT2D eigenvalue weighted by Crippen LogP contribution is -2.29. The molecular formula is C22H23Cl3N4O. The number of primary amides is 1. The average Bonchev–Trinajstić information content (AvgIpc) is 3.07. The second-order valence-corrected chi connectivity index (χ2v) is 8.98. The molecule has 0 fully saturated rings. The second kappa shape index (κ2) is 8.29. The SMILES string of the molecule is CCC(CC(N)=O)c1ccc(Cl)c2nc3n(c12)CCCN3c1c(C)cc(Cl)cc1Cl. The topological polar surface area (TPSA) is 64.2 Å². The monoisotopic (exact) mass is 464 g/mol. The van der Waals surface area contributed by atoms with Crippen molar-refractivity contribution in [3.8, 4) is 0 Å². The van der Waals surface area contributed by atoms with E-state index in [2.05, 4.69) is 16.4 Å². The van der Waals surface area contributed by atoms with Gasteiger partial charge in [0, 0.05) is 24.5 Å². The van der Waals surface area contributed by atoms with Crippen LogP contribution < -0.4 is 10.6 Å². The highest BCUT2D eigenvalue weighted by atomic mass is 35.5. The number of halogens is 3. The van der Waals surface area contributed by atoms with Crippen LogP contribution in [0, 0.1) is 6.92 Å². The molecular weight excluding hydrogens is 443 g/mol. The number of fused-ring (bicyclic) bond motifs is 3. The largest absolute Gasteiger partial charge is 0.370 e. The quantitative estimate of drug-likeness (QED) is 0.487. The first kappa shape index (κ1) is 21.3. The summed E-state index contributed by atoms with van der Waals surface area (Å²) in [5, 5.41) is 1.78. The zero-order chi connectivity index (χ0) is 21.6. The normalized spacial score (nSPS) is 14.8. The minimum Gasteiger partial charge on any atom is -0.370 e. The van der Waals surface area contributed by atoms with Crippen LogP contribution in [0.5, 0.6) is 0 Å². The van der Waals surface area contributed by atoms with Gasteiger partial charge in [0.25, 0.3) is 0 Å². The molecule has 5 nitrogen and oxygen atoms in total. The van der Waals surface area contributed by atoms with Crippen LogP contribution in [-0.2, 0) is 11.3 Å². The molecule has 1 atom stereocenters. The molecule has 2 aromatic carbocycles. The summed E-state index contributed by atoms with van der Waals surface area (Å²) in [4.78, 5) is 18.7. The van der Waals surface area contributed by atoms with Crippen molar-refractivity contribution >= 4 is 63.4 Å². The highest BCUT2D eigenvalue weighted by Gasteiger charge is 2.29. The summed E-state index contributed by atoms with van der Waals surface area (Å²) in [6, 6.07) is 7.51. The lowest BCUT2D eigenvalue weighted by Gasteiger charge is -2.31. The van der Waals surface area contributed by atoms with Crippen molar-refractivity contribution in [3.63, 3.8) is 0 Å². The molecule has 1 aromatic heterocycles. The van der Waals surface area contributed by atoms with Gasteiger partial charge < -0.3 is 15.2 Å². The predicted octanol–water partition coefficient (Wildman–Crippen LogP) is 6.22. The summed E-state index contributed by atoms with van der Waals surface area (Å²) in [5.74, 6) is 0.500. The van der Waals surface area contributed by atoms with Crippen LogP contribution in [0.2, 0.25) is 15.1 Å². The number of hydrogen-bond donors (Lipinski definition) is 1. The van der Waals surface area contributed by atoms with Gasteiger partial charge >= 0.3 is 0 Å². The standard InChI is InChI=1S/C22H23Cl3N4O/c1-3-13(10-18(26)30)15-5-6-16(24)19-21(15)29-8-4-7-28(22(29)27-19)20-12(2)9-14(23)11-17(20)25/h5-6,9,11,13H,3-4,7-8,10H2,1-2H3,(H2,26,30). The maximum Gasteiger partial charge on any atom is 0.218 e. The van der Waals surface area contributed by atoms with Gasteiger partial charge in [-0.1, -0.05) is 47.8 Å². The number of imidazole rings is 1. The Labute approximate surface area is 190 Å². The molecule has 0 spiro atoms. The summed E-state index contributed by atoms with van der Waals surface area (Å²) in [5.41, 5.74) is 10.2. The van der Waals surface area contributed by atoms with E-state index < -0.39 is 0 Å². The summed E-state index contributed by atoms with van der Waals surface area (Å²) in [6.07, 6.45) is 2.01. The molecule has 2 N–H and O–H groups in total. The van der Waals surface area contributed by atoms with Gasteiger partial charge in [-0.15, -0.1) is 0 Å². The second-order valence-electron chi connectivity index (χ2n) is 7.73. The predicted molar refractivity (Wildman–Crippen MR) is 124 cm³/mol. The van der Waals surface area contributed by atoms with Gasteiger partial charge in [0.05, 0.1) is 21.2 Å². The van der Waals surface area contributed by atoms with Crippen molar-refractivity contribution in [2.45, 2.75) is 45.6 Å². The van der Waals surface area contributed by atoms with Gasteiger partial charge in [-0.2, -0.15) is 0 Å². The number of aromatic nitrogens is 2. The van der Waals surface area contributed by atoms with Crippen molar-refractivity contribution in [1.29, 1.82) is 0 Å². The molecule has 3 aromatic rings. The van der Waals surface area contributed by atoms with Crippen LogP contribution in [0.15, 0.2) is 24.3 Å². The Morgan fingerprint density at radius 3 is 2.63 bits per heavy atom. The lowest BCUT2D eigenvalue weighted by molar-refractivity contribution is -0.118. The minimum atomic E-state index is -0.312. The Balaban J connectivity index is 1.94. The number of rotatable bonds is 5. The van der Waals surface area contributed by atoms with E-state index in [9.17, 15) is 4.79 Å². The number of aryl methyl sites for hydroxylation is 2. The number of carbonyl (C=O) groups excluding carboxylic acids is 1. The van der Waals surface area contributed by atoms with E-state index >= 15 is 0 Å². The number of nitrogens with zero attached hydrogens (tertiary/aromatic N) is 3. The zero-order valence-corrected chi connectivity index (χ0v) is 19.2. The summed E-state index contributed by atoms with van der Waals surface area (Å²) in [6.45, 7) is 5.65. The fourth-order valence-electron chi connectivity index (χ4n) is 4.42. The van der Waals surface area contributed by atoms with Gasteiger partial charge in [-0.25, -0.2) is 4.98 Å². The number of amides is 1. The van der Waals surface area contributed by atoms with Crippen LogP contribution in [0.3, 0.4) is 0 Å². The molecule has 1 aliphatic heterocycles. The van der Waals surface area contributed by atoms with Gasteiger partial charge in [0.2, 0.25) is 11.9 Å². The Morgan fingerprint density at radius 1 is 1.20 bits per heavy atom. The molecule has 158 valence electrons. The number of hydrogen-bond acceptors (Lipinski definition) is 3. The molecule has 1 aliphatic rings. The van der Waals surface area contributed by atoms with Gasteiger partial charge in [0.1, 0.15) is 5.52 Å². The number of carbonyl (C=O) groups is 1. The van der Waals surface area contributed by atoms with Crippen LogP contribution in [0.25, 0.3) is 11.0 Å². The Hall–Kier alpha value is -1.95. The summed E-state index contributed by atoms with van der Waals surface area (Å²) >= 11 is 19.3.